The lowest BCUT2D eigenvalue weighted by molar-refractivity contribution is 0.255. The zero-order valence-electron chi connectivity index (χ0n) is 9.24. The van der Waals surface area contributed by atoms with Crippen molar-refractivity contribution in [2.45, 2.75) is 66.2 Å². The second kappa shape index (κ2) is 3.40. The summed E-state index contributed by atoms with van der Waals surface area (Å²) in [5.74, 6) is 0. The van der Waals surface area contributed by atoms with Gasteiger partial charge in [0, 0.05) is 0 Å². The van der Waals surface area contributed by atoms with E-state index in [2.05, 4.69) is 27.7 Å². The first kappa shape index (κ1) is 10.1. The summed E-state index contributed by atoms with van der Waals surface area (Å²) in [7, 11) is 0. The molecule has 0 aromatic rings. The van der Waals surface area contributed by atoms with Crippen molar-refractivity contribution >= 4 is 0 Å². The van der Waals surface area contributed by atoms with Gasteiger partial charge in [0.05, 0.1) is 0 Å². The average Bonchev–Trinajstić information content (AvgIpc) is 2.23. The van der Waals surface area contributed by atoms with Gasteiger partial charge in [0.25, 0.3) is 0 Å². The van der Waals surface area contributed by atoms with E-state index in [0.29, 0.717) is 10.8 Å². The molecule has 0 N–H and O–H groups in total. The van der Waals surface area contributed by atoms with Gasteiger partial charge >= 0.3 is 0 Å². The molecule has 0 heterocycles. The molecule has 0 amide bonds. The van der Waals surface area contributed by atoms with Gasteiger partial charge in [-0.1, -0.05) is 40.5 Å². The number of hydrogen-bond acceptors (Lipinski definition) is 0. The number of rotatable bonds is 3. The Hall–Kier alpha value is 0. The van der Waals surface area contributed by atoms with Crippen molar-refractivity contribution in [3.8, 4) is 0 Å². The van der Waals surface area contributed by atoms with Crippen molar-refractivity contribution in [1.29, 1.82) is 0 Å². The summed E-state index contributed by atoms with van der Waals surface area (Å²) in [4.78, 5) is 0. The highest BCUT2D eigenvalue weighted by Crippen LogP contribution is 2.51. The SMILES string of the molecule is CCCCC1(C)CCC(C)(C)C1. The van der Waals surface area contributed by atoms with Gasteiger partial charge in [-0.3, -0.25) is 0 Å². The lowest BCUT2D eigenvalue weighted by atomic mass is 9.80. The van der Waals surface area contributed by atoms with Crippen LogP contribution in [0.3, 0.4) is 0 Å². The minimum Gasteiger partial charge on any atom is -0.0654 e. The standard InChI is InChI=1S/C12H24/c1-5-6-7-12(4)9-8-11(2,3)10-12/h5-10H2,1-4H3. The molecule has 1 saturated carbocycles. The molecule has 0 aliphatic heterocycles. The van der Waals surface area contributed by atoms with Crippen LogP contribution in [0.1, 0.15) is 66.2 Å². The Labute approximate surface area is 77.7 Å². The van der Waals surface area contributed by atoms with Crippen LogP contribution in [0.5, 0.6) is 0 Å². The summed E-state index contributed by atoms with van der Waals surface area (Å²) in [5, 5.41) is 0. The van der Waals surface area contributed by atoms with E-state index < -0.39 is 0 Å². The Morgan fingerprint density at radius 2 is 1.75 bits per heavy atom. The lowest BCUT2D eigenvalue weighted by Crippen LogP contribution is -2.14. The van der Waals surface area contributed by atoms with Crippen LogP contribution < -0.4 is 0 Å². The normalized spacial score (nSPS) is 34.0. The van der Waals surface area contributed by atoms with Gasteiger partial charge in [-0.05, 0) is 36.5 Å². The molecule has 1 atom stereocenters. The van der Waals surface area contributed by atoms with Crippen molar-refractivity contribution < 1.29 is 0 Å². The average molecular weight is 168 g/mol. The van der Waals surface area contributed by atoms with E-state index in [4.69, 9.17) is 0 Å². The van der Waals surface area contributed by atoms with Gasteiger partial charge < -0.3 is 0 Å². The molecule has 0 radical (unpaired) electrons. The van der Waals surface area contributed by atoms with Crippen LogP contribution in [0.4, 0.5) is 0 Å². The summed E-state index contributed by atoms with van der Waals surface area (Å²) in [6.07, 6.45) is 8.57. The van der Waals surface area contributed by atoms with E-state index in [1.807, 2.05) is 0 Å². The third-order valence-electron chi connectivity index (χ3n) is 3.44. The third-order valence-corrected chi connectivity index (χ3v) is 3.44. The van der Waals surface area contributed by atoms with Crippen molar-refractivity contribution in [3.05, 3.63) is 0 Å². The summed E-state index contributed by atoms with van der Waals surface area (Å²) >= 11 is 0. The first-order valence-electron chi connectivity index (χ1n) is 5.47. The number of hydrogen-bond donors (Lipinski definition) is 0. The molecule has 1 fully saturated rings. The summed E-state index contributed by atoms with van der Waals surface area (Å²) in [5.41, 5.74) is 1.31. The van der Waals surface area contributed by atoms with Crippen molar-refractivity contribution in [2.75, 3.05) is 0 Å². The maximum atomic E-state index is 2.48. The first-order valence-corrected chi connectivity index (χ1v) is 5.47. The van der Waals surface area contributed by atoms with Gasteiger partial charge in [-0.2, -0.15) is 0 Å². The Balaban J connectivity index is 2.41. The third kappa shape index (κ3) is 2.50. The fourth-order valence-corrected chi connectivity index (χ4v) is 2.79. The van der Waals surface area contributed by atoms with E-state index in [1.54, 1.807) is 0 Å². The van der Waals surface area contributed by atoms with Crippen LogP contribution in [0.2, 0.25) is 0 Å². The quantitative estimate of drug-likeness (QED) is 0.586. The minimum atomic E-state index is 0.627. The Kier molecular flexibility index (Phi) is 2.85. The second-order valence-corrected chi connectivity index (χ2v) is 5.76. The molecule has 0 saturated heterocycles. The molecule has 1 aliphatic rings. The molecule has 1 unspecified atom stereocenters. The zero-order chi connectivity index (χ0) is 9.24. The summed E-state index contributed by atoms with van der Waals surface area (Å²) in [6, 6.07) is 0. The number of unbranched alkanes of at least 4 members (excludes halogenated alkanes) is 1. The highest BCUT2D eigenvalue weighted by Gasteiger charge is 2.38. The largest absolute Gasteiger partial charge is 0.0654 e. The molecule has 0 spiro atoms. The molecule has 1 aliphatic carbocycles. The fraction of sp³-hybridized carbons (Fsp3) is 1.00. The summed E-state index contributed by atoms with van der Waals surface area (Å²) < 4.78 is 0. The monoisotopic (exact) mass is 168 g/mol. The molecule has 0 nitrogen and oxygen atoms in total. The Morgan fingerprint density at radius 3 is 2.17 bits per heavy atom. The van der Waals surface area contributed by atoms with Crippen LogP contribution in [0.15, 0.2) is 0 Å². The van der Waals surface area contributed by atoms with E-state index in [0.717, 1.165) is 0 Å². The highest BCUT2D eigenvalue weighted by atomic mass is 14.4. The molecule has 0 aromatic carbocycles. The second-order valence-electron chi connectivity index (χ2n) is 5.76. The molecule has 72 valence electrons. The van der Waals surface area contributed by atoms with Crippen molar-refractivity contribution in [3.63, 3.8) is 0 Å². The van der Waals surface area contributed by atoms with Crippen molar-refractivity contribution in [2.24, 2.45) is 10.8 Å². The van der Waals surface area contributed by atoms with Crippen molar-refractivity contribution in [1.82, 2.24) is 0 Å². The van der Waals surface area contributed by atoms with E-state index in [1.165, 1.54) is 38.5 Å². The molecule has 0 heteroatoms. The molecular formula is C12H24. The molecule has 0 bridgehead atoms. The van der Waals surface area contributed by atoms with Gasteiger partial charge in [-0.15, -0.1) is 0 Å². The van der Waals surface area contributed by atoms with Gasteiger partial charge in [-0.25, -0.2) is 0 Å². The van der Waals surface area contributed by atoms with Crippen LogP contribution in [-0.4, -0.2) is 0 Å². The maximum absolute atomic E-state index is 2.48. The lowest BCUT2D eigenvalue weighted by Gasteiger charge is -2.26. The maximum Gasteiger partial charge on any atom is -0.0321 e. The minimum absolute atomic E-state index is 0.627. The van der Waals surface area contributed by atoms with Crippen LogP contribution >= 0.6 is 0 Å². The molecule has 12 heavy (non-hydrogen) atoms. The highest BCUT2D eigenvalue weighted by molar-refractivity contribution is 4.90. The molecular weight excluding hydrogens is 144 g/mol. The van der Waals surface area contributed by atoms with Crippen LogP contribution in [0.25, 0.3) is 0 Å². The fourth-order valence-electron chi connectivity index (χ4n) is 2.79. The smallest absolute Gasteiger partial charge is 0.0321 e. The molecule has 0 aromatic heterocycles. The van der Waals surface area contributed by atoms with E-state index in [-0.39, 0.29) is 0 Å². The van der Waals surface area contributed by atoms with E-state index in [9.17, 15) is 0 Å². The zero-order valence-corrected chi connectivity index (χ0v) is 9.24. The topological polar surface area (TPSA) is 0 Å². The Morgan fingerprint density at radius 1 is 1.08 bits per heavy atom. The van der Waals surface area contributed by atoms with Crippen LogP contribution in [-0.2, 0) is 0 Å². The van der Waals surface area contributed by atoms with E-state index >= 15 is 0 Å². The Bertz CT molecular complexity index is 146. The predicted octanol–water partition coefficient (Wildman–Crippen LogP) is 4.39. The predicted molar refractivity (Wildman–Crippen MR) is 55.3 cm³/mol. The first-order chi connectivity index (χ1) is 5.47. The molecule has 1 rings (SSSR count). The van der Waals surface area contributed by atoms with Gasteiger partial charge in [0.15, 0.2) is 0 Å². The van der Waals surface area contributed by atoms with Gasteiger partial charge in [0.1, 0.15) is 0 Å². The van der Waals surface area contributed by atoms with Crippen LogP contribution in [0, 0.1) is 10.8 Å². The summed E-state index contributed by atoms with van der Waals surface area (Å²) in [6.45, 7) is 9.62. The van der Waals surface area contributed by atoms with Gasteiger partial charge in [0.2, 0.25) is 0 Å².